The van der Waals surface area contributed by atoms with Gasteiger partial charge in [0.25, 0.3) is 11.8 Å². The number of hydrogen-bond donors (Lipinski definition) is 5. The normalized spacial score (nSPS) is 17.9. The number of thiazole rings is 1. The number of nitrogens with one attached hydrogen (secondary N) is 2. The van der Waals surface area contributed by atoms with E-state index >= 15 is 0 Å². The summed E-state index contributed by atoms with van der Waals surface area (Å²) in [5, 5.41) is 39.4. The second-order valence-electron chi connectivity index (χ2n) is 11.6. The van der Waals surface area contributed by atoms with E-state index in [9.17, 15) is 29.4 Å². The van der Waals surface area contributed by atoms with Crippen LogP contribution in [-0.4, -0.2) is 77.6 Å². The van der Waals surface area contributed by atoms with Gasteiger partial charge in [0.2, 0.25) is 5.60 Å². The summed E-state index contributed by atoms with van der Waals surface area (Å²) in [5.41, 5.74) is 10.9. The van der Waals surface area contributed by atoms with Crippen molar-refractivity contribution in [2.45, 2.75) is 44.0 Å². The molecule has 16 nitrogen and oxygen atoms in total. The van der Waals surface area contributed by atoms with Crippen LogP contribution < -0.4 is 26.5 Å². The number of carbonyl (C=O) groups excluding carboxylic acids is 3. The number of nitrogens with two attached hydrogens (primary N) is 2. The molecule has 1 fully saturated rings. The molecule has 2 aliphatic heterocycles. The van der Waals surface area contributed by atoms with Gasteiger partial charge in [0, 0.05) is 50.2 Å². The number of carbonyl (C=O) groups is 4. The summed E-state index contributed by atoms with van der Waals surface area (Å²) >= 11 is 3.80. The number of amidine groups is 1. The van der Waals surface area contributed by atoms with Crippen LogP contribution in [0.15, 0.2) is 64.0 Å². The number of nitrogens with zero attached hydrogens (tertiary/aromatic N) is 5. The van der Waals surface area contributed by atoms with Gasteiger partial charge < -0.3 is 41.2 Å². The summed E-state index contributed by atoms with van der Waals surface area (Å²) in [6.07, 6.45) is 5.66. The van der Waals surface area contributed by atoms with E-state index in [0.717, 1.165) is 32.0 Å². The molecule has 6 rings (SSSR count). The molecule has 0 bridgehead atoms. The Bertz CT molecular complexity index is 2100. The van der Waals surface area contributed by atoms with Gasteiger partial charge in [0.15, 0.2) is 29.8 Å². The molecule has 0 aromatic carbocycles. The monoisotopic (exact) mass is 723 g/mol. The highest BCUT2D eigenvalue weighted by Gasteiger charge is 2.53. The van der Waals surface area contributed by atoms with Gasteiger partial charge in [0.05, 0.1) is 18.2 Å². The van der Waals surface area contributed by atoms with Gasteiger partial charge in [-0.2, -0.15) is 4.57 Å². The second-order valence-corrected chi connectivity index (χ2v) is 14.6. The lowest BCUT2D eigenvalue weighted by molar-refractivity contribution is -0.687. The molecular formula is C30H29N9O7S3. The van der Waals surface area contributed by atoms with Crippen molar-refractivity contribution in [3.05, 3.63) is 75.0 Å². The number of oxime groups is 1. The fourth-order valence-corrected chi connectivity index (χ4v) is 7.96. The zero-order valence-corrected chi connectivity index (χ0v) is 28.4. The average Bonchev–Trinajstić information content (AvgIpc) is 3.80. The van der Waals surface area contributed by atoms with Crippen LogP contribution in [-0.2, 0) is 37.1 Å². The molecule has 0 aliphatic carbocycles. The molecule has 49 heavy (non-hydrogen) atoms. The predicted molar refractivity (Wildman–Crippen MR) is 179 cm³/mol. The number of thioether (sulfide) groups is 1. The van der Waals surface area contributed by atoms with Gasteiger partial charge in [-0.25, -0.2) is 9.78 Å². The highest BCUT2D eigenvalue weighted by molar-refractivity contribution is 8.00. The fraction of sp³-hybridized carbons (Fsp3) is 0.267. The number of anilines is 1. The van der Waals surface area contributed by atoms with Crippen molar-refractivity contribution in [1.29, 1.82) is 5.41 Å². The second kappa shape index (κ2) is 13.0. The molecule has 254 valence electrons. The first-order valence-corrected chi connectivity index (χ1v) is 17.3. The summed E-state index contributed by atoms with van der Waals surface area (Å²) in [6.45, 7) is 3.20. The van der Waals surface area contributed by atoms with Crippen molar-refractivity contribution in [2.75, 3.05) is 11.5 Å². The van der Waals surface area contributed by atoms with Crippen LogP contribution in [0, 0.1) is 5.41 Å². The third-order valence-corrected chi connectivity index (χ3v) is 10.8. The first-order valence-electron chi connectivity index (χ1n) is 14.5. The van der Waals surface area contributed by atoms with Crippen LogP contribution in [0.5, 0.6) is 0 Å². The fourth-order valence-electron chi connectivity index (χ4n) is 5.20. The van der Waals surface area contributed by atoms with Gasteiger partial charge in [-0.15, -0.1) is 34.4 Å². The van der Waals surface area contributed by atoms with Crippen molar-refractivity contribution >= 4 is 85.8 Å². The van der Waals surface area contributed by atoms with Gasteiger partial charge in [-0.05, 0) is 26.0 Å². The molecule has 2 amide bonds. The smallest absolute Gasteiger partial charge is 0.350 e. The Kier molecular flexibility index (Phi) is 8.90. The molecule has 1 saturated heterocycles. The Hall–Kier alpha value is -5.27. The highest BCUT2D eigenvalue weighted by atomic mass is 32.2. The third-order valence-electron chi connectivity index (χ3n) is 7.82. The van der Waals surface area contributed by atoms with Gasteiger partial charge in [-0.1, -0.05) is 5.16 Å². The zero-order chi connectivity index (χ0) is 35.2. The number of aromatic nitrogens is 3. The van der Waals surface area contributed by atoms with E-state index < -0.39 is 46.5 Å². The molecule has 7 N–H and O–H groups in total. The molecule has 6 heterocycles. The first-order chi connectivity index (χ1) is 23.2. The number of amides is 2. The van der Waals surface area contributed by atoms with E-state index in [-0.39, 0.29) is 34.7 Å². The van der Waals surface area contributed by atoms with E-state index in [4.69, 9.17) is 21.7 Å². The lowest BCUT2D eigenvalue weighted by atomic mass is 10.0. The Labute approximate surface area is 290 Å². The summed E-state index contributed by atoms with van der Waals surface area (Å²) in [7, 11) is 0. The number of aliphatic carboxylic acids is 2. The number of fused-ring (bicyclic) bond motifs is 2. The third kappa shape index (κ3) is 6.59. The minimum Gasteiger partial charge on any atom is -0.543 e. The van der Waals surface area contributed by atoms with E-state index in [1.807, 2.05) is 51.3 Å². The SMILES string of the molecule is CC(C)(ON=C(C(=O)N[C@@H]1C(=O)N2C(C(=O)[O-])=C(C[n+]3ccc4ccn(Cc5cc(C(=N)N)cs5)c4c3)CS[C@H]12)c1csc(N)n1)C(=O)O. The Morgan fingerprint density at radius 1 is 1.29 bits per heavy atom. The largest absolute Gasteiger partial charge is 0.543 e. The van der Waals surface area contributed by atoms with Crippen molar-refractivity contribution in [3.63, 3.8) is 0 Å². The van der Waals surface area contributed by atoms with E-state index in [1.165, 1.54) is 42.3 Å². The molecule has 4 aromatic heterocycles. The predicted octanol–water partition coefficient (Wildman–Crippen LogP) is 0.0494. The lowest BCUT2D eigenvalue weighted by Crippen LogP contribution is -2.71. The number of nitrogen functional groups attached to an aromatic ring is 2. The molecule has 0 saturated carbocycles. The Morgan fingerprint density at radius 3 is 2.71 bits per heavy atom. The number of carboxylic acid groups (broad SMARTS) is 2. The van der Waals surface area contributed by atoms with Crippen molar-refractivity contribution < 1.29 is 38.8 Å². The maximum absolute atomic E-state index is 13.4. The minimum absolute atomic E-state index is 0.00299. The summed E-state index contributed by atoms with van der Waals surface area (Å²) < 4.78 is 3.87. The zero-order valence-electron chi connectivity index (χ0n) is 25.9. The van der Waals surface area contributed by atoms with E-state index in [2.05, 4.69) is 15.5 Å². The summed E-state index contributed by atoms with van der Waals surface area (Å²) in [4.78, 5) is 61.9. The Balaban J connectivity index is 1.21. The summed E-state index contributed by atoms with van der Waals surface area (Å²) in [6, 6.07) is 4.64. The van der Waals surface area contributed by atoms with Gasteiger partial charge in [0.1, 0.15) is 28.5 Å². The number of thiophene rings is 1. The van der Waals surface area contributed by atoms with Crippen LogP contribution in [0.2, 0.25) is 0 Å². The van der Waals surface area contributed by atoms with Gasteiger partial charge >= 0.3 is 5.97 Å². The molecule has 0 radical (unpaired) electrons. The summed E-state index contributed by atoms with van der Waals surface area (Å²) in [5.74, 6) is -4.17. The number of carboxylic acids is 2. The number of rotatable bonds is 12. The highest BCUT2D eigenvalue weighted by Crippen LogP contribution is 2.40. The maximum Gasteiger partial charge on any atom is 0.350 e. The minimum atomic E-state index is -1.78. The number of β-lactam (4-membered cyclic amide) rings is 1. The number of pyridine rings is 1. The molecule has 4 aromatic rings. The Morgan fingerprint density at radius 2 is 2.06 bits per heavy atom. The molecular weight excluding hydrogens is 695 g/mol. The van der Waals surface area contributed by atoms with Crippen LogP contribution in [0.25, 0.3) is 10.9 Å². The van der Waals surface area contributed by atoms with Crippen molar-refractivity contribution in [2.24, 2.45) is 10.9 Å². The van der Waals surface area contributed by atoms with Crippen molar-refractivity contribution in [3.8, 4) is 0 Å². The van der Waals surface area contributed by atoms with Crippen LogP contribution >= 0.6 is 34.4 Å². The molecule has 2 aliphatic rings. The van der Waals surface area contributed by atoms with Crippen LogP contribution in [0.3, 0.4) is 0 Å². The lowest BCUT2D eigenvalue weighted by Gasteiger charge is -2.50. The van der Waals surface area contributed by atoms with Gasteiger partial charge in [-0.3, -0.25) is 19.9 Å². The molecule has 2 atom stereocenters. The van der Waals surface area contributed by atoms with Crippen LogP contribution in [0.1, 0.15) is 30.0 Å². The van der Waals surface area contributed by atoms with Crippen LogP contribution in [0.4, 0.5) is 5.13 Å². The first kappa shape index (κ1) is 33.6. The molecule has 0 unspecified atom stereocenters. The number of hydrogen-bond acceptors (Lipinski definition) is 13. The quantitative estimate of drug-likeness (QED) is 0.0430. The molecule has 0 spiro atoms. The van der Waals surface area contributed by atoms with E-state index in [1.54, 1.807) is 0 Å². The van der Waals surface area contributed by atoms with Crippen molar-refractivity contribution in [1.82, 2.24) is 19.8 Å². The maximum atomic E-state index is 13.4. The van der Waals surface area contributed by atoms with E-state index in [0.29, 0.717) is 17.7 Å². The average molecular weight is 724 g/mol. The standard InChI is InChI=1S/C30H29N9O7S3/c1-30(2,28(44)45)46-36-20(18-13-49-29(33)34-18)24(40)35-21-25(41)39-22(27(42)43)16(12-48-26(21)39)8-37-5-3-14-4-6-38(19(14)10-37)9-17-7-15(11-47-17)23(31)32/h3-7,10-11,13,21,26H,8-9,12H2,1-2H3,(H7-,31,32,33,34,35,40,42,43,44,45)/t21-,26-/m1/s1. The molecule has 19 heteroatoms. The topological polar surface area (TPSA) is 246 Å².